The van der Waals surface area contributed by atoms with E-state index in [1.165, 1.54) is 0 Å². The van der Waals surface area contributed by atoms with Crippen LogP contribution in [-0.4, -0.2) is 36.0 Å². The first kappa shape index (κ1) is 25.6. The number of hydrogen-bond donors (Lipinski definition) is 1. The average molecular weight is 497 g/mol. The minimum absolute atomic E-state index is 0.333. The van der Waals surface area contributed by atoms with E-state index in [-0.39, 0.29) is 0 Å². The third-order valence-corrected chi connectivity index (χ3v) is 5.75. The summed E-state index contributed by atoms with van der Waals surface area (Å²) in [5.74, 6) is -1.52. The maximum atomic E-state index is 13.0. The van der Waals surface area contributed by atoms with Crippen LogP contribution in [0.25, 0.3) is 22.2 Å². The SMILES string of the molecule is CCCCOC(=O)c1ccc(NC(=O)COC(=O)c2cc(-c3ccc(C)cc3)nc3ccccc23)cc1. The Morgan fingerprint density at radius 1 is 0.865 bits per heavy atom. The molecule has 1 amide bonds. The summed E-state index contributed by atoms with van der Waals surface area (Å²) in [7, 11) is 0. The summed E-state index contributed by atoms with van der Waals surface area (Å²) in [5.41, 5.74) is 4.50. The standard InChI is InChI=1S/C30H28N2O5/c1-3-4-17-36-29(34)22-13-15-23(16-14-22)31-28(33)19-37-30(35)25-18-27(21-11-9-20(2)10-12-21)32-26-8-6-5-7-24(25)26/h5-16,18H,3-4,17,19H2,1-2H3,(H,31,33). The molecule has 0 radical (unpaired) electrons. The van der Waals surface area contributed by atoms with Crippen LogP contribution in [0.15, 0.2) is 78.9 Å². The number of benzene rings is 3. The molecular formula is C30H28N2O5. The first-order chi connectivity index (χ1) is 17.9. The number of pyridine rings is 1. The molecule has 0 atom stereocenters. The van der Waals surface area contributed by atoms with E-state index >= 15 is 0 Å². The van der Waals surface area contributed by atoms with Crippen LogP contribution in [0.3, 0.4) is 0 Å². The molecule has 0 aliphatic carbocycles. The Bertz CT molecular complexity index is 1410. The second-order valence-electron chi connectivity index (χ2n) is 8.63. The number of anilines is 1. The molecule has 188 valence electrons. The molecule has 0 aliphatic heterocycles. The molecule has 1 heterocycles. The molecule has 0 saturated carbocycles. The van der Waals surface area contributed by atoms with E-state index in [4.69, 9.17) is 9.47 Å². The predicted molar refractivity (Wildman–Crippen MR) is 142 cm³/mol. The Kier molecular flexibility index (Phi) is 8.26. The quantitative estimate of drug-likeness (QED) is 0.227. The lowest BCUT2D eigenvalue weighted by molar-refractivity contribution is -0.119. The summed E-state index contributed by atoms with van der Waals surface area (Å²) in [4.78, 5) is 42.1. The molecule has 7 nitrogen and oxygen atoms in total. The van der Waals surface area contributed by atoms with E-state index in [0.29, 0.717) is 40.0 Å². The maximum Gasteiger partial charge on any atom is 0.339 e. The first-order valence-electron chi connectivity index (χ1n) is 12.2. The van der Waals surface area contributed by atoms with Gasteiger partial charge in [-0.25, -0.2) is 14.6 Å². The zero-order valence-electron chi connectivity index (χ0n) is 20.8. The number of esters is 2. The summed E-state index contributed by atoms with van der Waals surface area (Å²) in [5, 5.41) is 3.31. The van der Waals surface area contributed by atoms with Crippen LogP contribution in [0.1, 0.15) is 46.0 Å². The lowest BCUT2D eigenvalue weighted by atomic mass is 10.0. The first-order valence-corrected chi connectivity index (χ1v) is 12.2. The molecule has 4 rings (SSSR count). The van der Waals surface area contributed by atoms with Gasteiger partial charge in [0.2, 0.25) is 0 Å². The molecular weight excluding hydrogens is 468 g/mol. The maximum absolute atomic E-state index is 13.0. The van der Waals surface area contributed by atoms with Gasteiger partial charge < -0.3 is 14.8 Å². The van der Waals surface area contributed by atoms with Gasteiger partial charge in [0.15, 0.2) is 6.61 Å². The van der Waals surface area contributed by atoms with Gasteiger partial charge in [0.05, 0.1) is 28.9 Å². The van der Waals surface area contributed by atoms with Crippen LogP contribution in [0.4, 0.5) is 5.69 Å². The third kappa shape index (κ3) is 6.58. The van der Waals surface area contributed by atoms with Gasteiger partial charge in [-0.2, -0.15) is 0 Å². The number of unbranched alkanes of at least 4 members (excludes halogenated alkanes) is 1. The Hall–Kier alpha value is -4.52. The third-order valence-electron chi connectivity index (χ3n) is 5.75. The van der Waals surface area contributed by atoms with E-state index in [9.17, 15) is 14.4 Å². The molecule has 0 unspecified atom stereocenters. The number of ether oxygens (including phenoxy) is 2. The van der Waals surface area contributed by atoms with Gasteiger partial charge in [-0.15, -0.1) is 0 Å². The number of fused-ring (bicyclic) bond motifs is 1. The zero-order valence-corrected chi connectivity index (χ0v) is 20.8. The van der Waals surface area contributed by atoms with E-state index in [2.05, 4.69) is 10.3 Å². The Balaban J connectivity index is 1.42. The number of hydrogen-bond acceptors (Lipinski definition) is 6. The largest absolute Gasteiger partial charge is 0.462 e. The van der Waals surface area contributed by atoms with Crippen LogP contribution in [0, 0.1) is 6.92 Å². The zero-order chi connectivity index (χ0) is 26.2. The smallest absolute Gasteiger partial charge is 0.339 e. The van der Waals surface area contributed by atoms with Gasteiger partial charge in [0.1, 0.15) is 0 Å². The number of amides is 1. The molecule has 7 heteroatoms. The van der Waals surface area contributed by atoms with Crippen LogP contribution in [0.2, 0.25) is 0 Å². The average Bonchev–Trinajstić information content (AvgIpc) is 2.92. The Morgan fingerprint density at radius 3 is 2.32 bits per heavy atom. The summed E-state index contributed by atoms with van der Waals surface area (Å²) in [6.07, 6.45) is 1.75. The van der Waals surface area contributed by atoms with Gasteiger partial charge in [-0.3, -0.25) is 4.79 Å². The summed E-state index contributed by atoms with van der Waals surface area (Å²) >= 11 is 0. The highest BCUT2D eigenvalue weighted by atomic mass is 16.5. The van der Waals surface area contributed by atoms with Gasteiger partial charge in [-0.1, -0.05) is 61.4 Å². The van der Waals surface area contributed by atoms with Crippen molar-refractivity contribution in [2.24, 2.45) is 0 Å². The van der Waals surface area contributed by atoms with Crippen molar-refractivity contribution in [3.63, 3.8) is 0 Å². The van der Waals surface area contributed by atoms with Crippen molar-refractivity contribution in [1.82, 2.24) is 4.98 Å². The van der Waals surface area contributed by atoms with Crippen molar-refractivity contribution in [1.29, 1.82) is 0 Å². The van der Waals surface area contributed by atoms with Crippen LogP contribution in [0.5, 0.6) is 0 Å². The van der Waals surface area contributed by atoms with Crippen molar-refractivity contribution in [3.8, 4) is 11.3 Å². The van der Waals surface area contributed by atoms with Gasteiger partial charge >= 0.3 is 11.9 Å². The van der Waals surface area contributed by atoms with Crippen molar-refractivity contribution in [3.05, 3.63) is 95.6 Å². The fourth-order valence-electron chi connectivity index (χ4n) is 3.70. The molecule has 0 aliphatic rings. The van der Waals surface area contributed by atoms with Crippen LogP contribution < -0.4 is 5.32 Å². The topological polar surface area (TPSA) is 94.6 Å². The van der Waals surface area contributed by atoms with Crippen molar-refractivity contribution < 1.29 is 23.9 Å². The molecule has 1 aromatic heterocycles. The molecule has 0 spiro atoms. The molecule has 3 aromatic carbocycles. The van der Waals surface area contributed by atoms with E-state index in [1.54, 1.807) is 36.4 Å². The predicted octanol–water partition coefficient (Wildman–Crippen LogP) is 5.96. The summed E-state index contributed by atoms with van der Waals surface area (Å²) in [6.45, 7) is 3.93. The number of aromatic nitrogens is 1. The fourth-order valence-corrected chi connectivity index (χ4v) is 3.70. The number of nitrogens with zero attached hydrogens (tertiary/aromatic N) is 1. The monoisotopic (exact) mass is 496 g/mol. The Morgan fingerprint density at radius 2 is 1.59 bits per heavy atom. The fraction of sp³-hybridized carbons (Fsp3) is 0.200. The molecule has 4 aromatic rings. The number of aryl methyl sites for hydroxylation is 1. The van der Waals surface area contributed by atoms with Crippen LogP contribution >= 0.6 is 0 Å². The second-order valence-corrected chi connectivity index (χ2v) is 8.63. The van der Waals surface area contributed by atoms with Gasteiger partial charge in [-0.05, 0) is 49.7 Å². The van der Waals surface area contributed by atoms with Crippen LogP contribution in [-0.2, 0) is 14.3 Å². The second kappa shape index (κ2) is 11.9. The summed E-state index contributed by atoms with van der Waals surface area (Å²) in [6, 6.07) is 23.2. The number of para-hydroxylation sites is 1. The molecule has 1 N–H and O–H groups in total. The Labute approximate surface area is 215 Å². The number of nitrogens with one attached hydrogen (secondary N) is 1. The van der Waals surface area contributed by atoms with Gasteiger partial charge in [0, 0.05) is 16.6 Å². The lowest BCUT2D eigenvalue weighted by Crippen LogP contribution is -2.21. The van der Waals surface area contributed by atoms with Crippen molar-refractivity contribution >= 4 is 34.4 Å². The van der Waals surface area contributed by atoms with Gasteiger partial charge in [0.25, 0.3) is 5.91 Å². The highest BCUT2D eigenvalue weighted by Gasteiger charge is 2.17. The molecule has 37 heavy (non-hydrogen) atoms. The van der Waals surface area contributed by atoms with E-state index in [0.717, 1.165) is 24.0 Å². The molecule has 0 saturated heterocycles. The summed E-state index contributed by atoms with van der Waals surface area (Å²) < 4.78 is 10.5. The molecule has 0 bridgehead atoms. The van der Waals surface area contributed by atoms with Crippen molar-refractivity contribution in [2.75, 3.05) is 18.5 Å². The molecule has 0 fully saturated rings. The van der Waals surface area contributed by atoms with E-state index in [1.807, 2.05) is 56.3 Å². The number of carbonyl (C=O) groups is 3. The van der Waals surface area contributed by atoms with E-state index < -0.39 is 24.5 Å². The minimum atomic E-state index is -0.618. The number of carbonyl (C=O) groups excluding carboxylic acids is 3. The minimum Gasteiger partial charge on any atom is -0.462 e. The highest BCUT2D eigenvalue weighted by Crippen LogP contribution is 2.26. The number of rotatable bonds is 9. The normalized spacial score (nSPS) is 10.6. The highest BCUT2D eigenvalue weighted by molar-refractivity contribution is 6.05. The van der Waals surface area contributed by atoms with Crippen molar-refractivity contribution in [2.45, 2.75) is 26.7 Å². The lowest BCUT2D eigenvalue weighted by Gasteiger charge is -2.11.